The monoisotopic (exact) mass is 977 g/mol. The van der Waals surface area contributed by atoms with Gasteiger partial charge in [0.05, 0.1) is 22.8 Å². The molecule has 2 aromatic heterocycles. The minimum atomic E-state index is -0.906. The number of aromatic carboxylic acids is 1. The molecule has 292 valence electrons. The first kappa shape index (κ1) is 52.9. The number of nitriles is 1. The fourth-order valence-corrected chi connectivity index (χ4v) is 5.57. The summed E-state index contributed by atoms with van der Waals surface area (Å²) in [6.45, 7) is 26.9. The van der Waals surface area contributed by atoms with Gasteiger partial charge in [-0.2, -0.15) is 47.6 Å². The van der Waals surface area contributed by atoms with Crippen LogP contribution in [-0.4, -0.2) is 26.8 Å². The topological polar surface area (TPSA) is 99.2 Å². The SMILES string of the molecule is CC(C)=Nc1ccc(C(=O)O)cc1C.CCC.CCCCC(C)C1CC1C.CCCCc1cncs1.Cc1ccc[c-]n1.[CH2-]c1ccc(C#N)cc1C.[U+2]. The number of aliphatic imine (C=N–C) groups is 1. The first-order valence-electron chi connectivity index (χ1n) is 19.1. The molecule has 1 saturated carbocycles. The maximum Gasteiger partial charge on any atom is 2.00 e. The molecule has 1 N–H and O–H groups in total. The van der Waals surface area contributed by atoms with Gasteiger partial charge in [-0.3, -0.25) is 9.98 Å². The van der Waals surface area contributed by atoms with E-state index in [-0.39, 0.29) is 31.1 Å². The number of thiazole rings is 1. The predicted octanol–water partition coefficient (Wildman–Crippen LogP) is 13.4. The Morgan fingerprint density at radius 1 is 1.06 bits per heavy atom. The van der Waals surface area contributed by atoms with Gasteiger partial charge < -0.3 is 10.1 Å². The number of carbonyl (C=O) groups is 1. The van der Waals surface area contributed by atoms with Crippen molar-refractivity contribution in [1.29, 1.82) is 5.26 Å². The second kappa shape index (κ2) is 32.1. The van der Waals surface area contributed by atoms with Crippen molar-refractivity contribution in [2.45, 2.75) is 128 Å². The van der Waals surface area contributed by atoms with Gasteiger partial charge in [-0.25, -0.2) is 4.79 Å². The number of unbranched alkanes of at least 4 members (excludes halogenated alkanes) is 2. The van der Waals surface area contributed by atoms with E-state index in [2.05, 4.69) is 75.7 Å². The maximum absolute atomic E-state index is 10.7. The second-order valence-electron chi connectivity index (χ2n) is 13.8. The molecular weight excluding hydrogens is 911 g/mol. The summed E-state index contributed by atoms with van der Waals surface area (Å²) in [5, 5.41) is 17.2. The minimum absolute atomic E-state index is 0. The summed E-state index contributed by atoms with van der Waals surface area (Å²) in [5.74, 6) is 2.24. The Balaban J connectivity index is 0. The van der Waals surface area contributed by atoms with Gasteiger partial charge >= 0.3 is 37.1 Å². The molecule has 1 aliphatic carbocycles. The molecule has 3 unspecified atom stereocenters. The molecule has 8 heteroatoms. The Bertz CT molecular complexity index is 1610. The molecule has 0 saturated heterocycles. The van der Waals surface area contributed by atoms with Gasteiger partial charge in [0.25, 0.3) is 0 Å². The molecule has 54 heavy (non-hydrogen) atoms. The predicted molar refractivity (Wildman–Crippen MR) is 227 cm³/mol. The van der Waals surface area contributed by atoms with Gasteiger partial charge in [0, 0.05) is 22.3 Å². The zero-order valence-electron chi connectivity index (χ0n) is 35.0. The summed E-state index contributed by atoms with van der Waals surface area (Å²) in [7, 11) is 0. The number of pyridine rings is 1. The van der Waals surface area contributed by atoms with Crippen LogP contribution in [0, 0.1) is 94.1 Å². The van der Waals surface area contributed by atoms with Gasteiger partial charge in [-0.05, 0) is 81.5 Å². The van der Waals surface area contributed by atoms with Crippen molar-refractivity contribution in [3.05, 3.63) is 118 Å². The van der Waals surface area contributed by atoms with Crippen molar-refractivity contribution in [2.24, 2.45) is 22.7 Å². The molecule has 1 aliphatic rings. The molecule has 0 aliphatic heterocycles. The van der Waals surface area contributed by atoms with Gasteiger partial charge in [0.2, 0.25) is 0 Å². The first-order chi connectivity index (χ1) is 25.2. The average Bonchev–Trinajstić information content (AvgIpc) is 3.63. The van der Waals surface area contributed by atoms with Crippen molar-refractivity contribution in [3.8, 4) is 6.07 Å². The van der Waals surface area contributed by atoms with E-state index in [1.807, 2.05) is 70.6 Å². The number of hydrogen-bond acceptors (Lipinski definition) is 6. The number of rotatable bonds is 9. The molecule has 5 rings (SSSR count). The molecule has 0 spiro atoms. The standard InChI is InChI=1S/C11H13NO2.C10H20.C9H8N.C7H11NS.C6H6N.C3H8.U/c1-7(2)12-10-5-4-9(11(13)14)6-8(10)3;1-4-5-6-8(2)10-7-9(10)3;1-7-3-4-9(6-10)5-8(7)2;1-2-3-4-7-5-8-6-9-7;1-6-4-2-3-5-7-6;1-3-2;/h4-6H,1-3H3,(H,13,14);8-10H,4-7H2,1-3H3;3-5H,1H2,2H3;5-6H,2-4H2,1H3;2-4H,1H3;3H2,1-2H3;/q;;-1;;-1;;+2. The van der Waals surface area contributed by atoms with Crippen molar-refractivity contribution < 1.29 is 41.0 Å². The van der Waals surface area contributed by atoms with E-state index in [9.17, 15) is 4.79 Å². The molecule has 4 aromatic rings. The quantitative estimate of drug-likeness (QED) is 0.133. The number of aromatic nitrogens is 2. The van der Waals surface area contributed by atoms with Crippen LogP contribution in [0.25, 0.3) is 0 Å². The maximum atomic E-state index is 10.7. The molecular formula is C46H66N4O2SU. The molecule has 2 heterocycles. The summed E-state index contributed by atoms with van der Waals surface area (Å²) in [6, 6.07) is 18.1. The molecule has 0 amide bonds. The normalized spacial score (nSPS) is 13.5. The fourth-order valence-electron chi connectivity index (χ4n) is 4.93. The molecule has 0 bridgehead atoms. The first-order valence-corrected chi connectivity index (χ1v) is 20.0. The Labute approximate surface area is 356 Å². The number of carboxylic acid groups (broad SMARTS) is 1. The Hall–Kier alpha value is -3.23. The van der Waals surface area contributed by atoms with E-state index in [4.69, 9.17) is 10.4 Å². The smallest absolute Gasteiger partial charge is 0.478 e. The Morgan fingerprint density at radius 2 is 1.70 bits per heavy atom. The van der Waals surface area contributed by atoms with Crippen LogP contribution in [0.5, 0.6) is 0 Å². The third-order valence-electron chi connectivity index (χ3n) is 8.18. The molecule has 3 atom stereocenters. The van der Waals surface area contributed by atoms with Gasteiger partial charge in [0.1, 0.15) is 0 Å². The number of aryl methyl sites for hydroxylation is 4. The summed E-state index contributed by atoms with van der Waals surface area (Å²) >= 11 is 1.75. The van der Waals surface area contributed by atoms with Crippen LogP contribution in [0.1, 0.15) is 144 Å². The van der Waals surface area contributed by atoms with E-state index >= 15 is 0 Å². The van der Waals surface area contributed by atoms with Crippen molar-refractivity contribution in [1.82, 2.24) is 9.97 Å². The zero-order valence-corrected chi connectivity index (χ0v) is 40.0. The Morgan fingerprint density at radius 3 is 2.11 bits per heavy atom. The van der Waals surface area contributed by atoms with Crippen molar-refractivity contribution in [2.75, 3.05) is 0 Å². The van der Waals surface area contributed by atoms with Crippen LogP contribution >= 0.6 is 11.3 Å². The van der Waals surface area contributed by atoms with Crippen LogP contribution in [0.4, 0.5) is 5.69 Å². The number of carboxylic acids is 1. The van der Waals surface area contributed by atoms with Crippen LogP contribution < -0.4 is 0 Å². The van der Waals surface area contributed by atoms with Crippen LogP contribution in [0.15, 0.2) is 71.3 Å². The van der Waals surface area contributed by atoms with E-state index in [0.29, 0.717) is 11.1 Å². The van der Waals surface area contributed by atoms with Gasteiger partial charge in [-0.1, -0.05) is 105 Å². The summed E-state index contributed by atoms with van der Waals surface area (Å²) in [5.41, 5.74) is 8.63. The van der Waals surface area contributed by atoms with E-state index in [1.54, 1.807) is 41.7 Å². The average molecular weight is 977 g/mol. The summed E-state index contributed by atoms with van der Waals surface area (Å²) in [6.07, 6.45) is 15.5. The van der Waals surface area contributed by atoms with Crippen molar-refractivity contribution in [3.63, 3.8) is 0 Å². The van der Waals surface area contributed by atoms with Gasteiger partial charge in [-0.15, -0.1) is 17.4 Å². The number of hydrogen-bond donors (Lipinski definition) is 1. The largest absolute Gasteiger partial charge is 2.00 e. The van der Waals surface area contributed by atoms with E-state index < -0.39 is 5.97 Å². The van der Waals surface area contributed by atoms with E-state index in [0.717, 1.165) is 51.5 Å². The molecule has 2 aromatic carbocycles. The summed E-state index contributed by atoms with van der Waals surface area (Å²) < 4.78 is 0. The van der Waals surface area contributed by atoms with E-state index in [1.165, 1.54) is 56.2 Å². The number of nitrogens with zero attached hydrogens (tertiary/aromatic N) is 4. The van der Waals surface area contributed by atoms with Crippen LogP contribution in [0.3, 0.4) is 0 Å². The molecule has 6 nitrogen and oxygen atoms in total. The zero-order chi connectivity index (χ0) is 40.2. The van der Waals surface area contributed by atoms with Crippen molar-refractivity contribution >= 4 is 28.7 Å². The Kier molecular flexibility index (Phi) is 31.4. The van der Waals surface area contributed by atoms with Crippen LogP contribution in [0.2, 0.25) is 0 Å². The second-order valence-corrected chi connectivity index (χ2v) is 14.8. The third-order valence-corrected chi connectivity index (χ3v) is 9.02. The fraction of sp³-hybridized carbons (Fsp3) is 0.478. The molecule has 1 fully saturated rings. The minimum Gasteiger partial charge on any atom is -0.478 e. The molecule has 0 radical (unpaired) electrons. The summed E-state index contributed by atoms with van der Waals surface area (Å²) in [4.78, 5) is 24.2. The third kappa shape index (κ3) is 25.7. The van der Waals surface area contributed by atoms with Gasteiger partial charge in [0.15, 0.2) is 0 Å². The number of benzene rings is 2. The van der Waals surface area contributed by atoms with Crippen LogP contribution in [-0.2, 0) is 6.42 Å².